The molecule has 1 fully saturated rings. The molecular weight excluding hydrogens is 369 g/mol. The van der Waals surface area contributed by atoms with Crippen molar-refractivity contribution in [3.63, 3.8) is 0 Å². The largest absolute Gasteiger partial charge is 0.401 e. The second-order valence-corrected chi connectivity index (χ2v) is 7.63. The van der Waals surface area contributed by atoms with E-state index in [1.807, 2.05) is 12.1 Å². The fourth-order valence-electron chi connectivity index (χ4n) is 3.36. The molecule has 5 nitrogen and oxygen atoms in total. The van der Waals surface area contributed by atoms with Gasteiger partial charge < -0.3 is 10.2 Å². The maximum Gasteiger partial charge on any atom is 0.401 e. The Bertz CT molecular complexity index is 611. The summed E-state index contributed by atoms with van der Waals surface area (Å²) in [5.74, 6) is -0.199. The highest BCUT2D eigenvalue weighted by molar-refractivity contribution is 5.94. The first-order chi connectivity index (χ1) is 13.2. The van der Waals surface area contributed by atoms with Crippen LogP contribution in [0.3, 0.4) is 0 Å². The van der Waals surface area contributed by atoms with E-state index in [0.29, 0.717) is 24.6 Å². The van der Waals surface area contributed by atoms with Crippen LogP contribution in [0, 0.1) is 0 Å². The molecule has 1 saturated heterocycles. The predicted molar refractivity (Wildman–Crippen MR) is 106 cm³/mol. The average molecular weight is 400 g/mol. The molecule has 0 aromatic heterocycles. The highest BCUT2D eigenvalue weighted by atomic mass is 19.4. The molecule has 8 heteroatoms. The van der Waals surface area contributed by atoms with Gasteiger partial charge in [0.15, 0.2) is 0 Å². The van der Waals surface area contributed by atoms with Crippen LogP contribution in [0.1, 0.15) is 30.6 Å². The van der Waals surface area contributed by atoms with Crippen LogP contribution in [-0.4, -0.2) is 80.8 Å². The normalized spacial score (nSPS) is 16.1. The van der Waals surface area contributed by atoms with Crippen molar-refractivity contribution in [2.24, 2.45) is 0 Å². The molecule has 158 valence electrons. The topological polar surface area (TPSA) is 38.8 Å². The molecule has 0 unspecified atom stereocenters. The van der Waals surface area contributed by atoms with E-state index in [1.165, 1.54) is 11.9 Å². The van der Waals surface area contributed by atoms with Gasteiger partial charge in [0, 0.05) is 50.0 Å². The zero-order valence-corrected chi connectivity index (χ0v) is 16.9. The van der Waals surface area contributed by atoms with Crippen LogP contribution < -0.4 is 10.2 Å². The molecular formula is C20H31F3N4O. The van der Waals surface area contributed by atoms with Crippen LogP contribution in [0.4, 0.5) is 18.9 Å². The molecule has 1 aromatic carbocycles. The number of nitrogens with one attached hydrogen (secondary N) is 1. The summed E-state index contributed by atoms with van der Waals surface area (Å²) in [6.45, 7) is 8.10. The Hall–Kier alpha value is -1.80. The van der Waals surface area contributed by atoms with Gasteiger partial charge in [-0.2, -0.15) is 13.2 Å². The lowest BCUT2D eigenvalue weighted by Gasteiger charge is -2.38. The van der Waals surface area contributed by atoms with E-state index in [9.17, 15) is 18.0 Å². The Balaban J connectivity index is 1.73. The van der Waals surface area contributed by atoms with Crippen molar-refractivity contribution in [1.29, 1.82) is 0 Å². The second-order valence-electron chi connectivity index (χ2n) is 7.63. The highest BCUT2D eigenvalue weighted by Crippen LogP contribution is 2.18. The summed E-state index contributed by atoms with van der Waals surface area (Å²) in [5, 5.41) is 2.77. The van der Waals surface area contributed by atoms with Crippen LogP contribution in [-0.2, 0) is 0 Å². The zero-order valence-electron chi connectivity index (χ0n) is 16.9. The van der Waals surface area contributed by atoms with Gasteiger partial charge in [0.25, 0.3) is 5.91 Å². The molecule has 1 heterocycles. The molecule has 1 amide bonds. The number of hydrogen-bond donors (Lipinski definition) is 1. The summed E-state index contributed by atoms with van der Waals surface area (Å²) in [4.78, 5) is 18.2. The van der Waals surface area contributed by atoms with Crippen molar-refractivity contribution >= 4 is 11.6 Å². The van der Waals surface area contributed by atoms with Crippen LogP contribution in [0.15, 0.2) is 24.3 Å². The number of carbonyl (C=O) groups excluding carboxylic acids is 1. The van der Waals surface area contributed by atoms with Gasteiger partial charge in [-0.05, 0) is 58.1 Å². The lowest BCUT2D eigenvalue weighted by molar-refractivity contribution is -0.143. The van der Waals surface area contributed by atoms with Crippen LogP contribution in [0.5, 0.6) is 0 Å². The van der Waals surface area contributed by atoms with E-state index < -0.39 is 12.7 Å². The molecule has 0 atom stereocenters. The number of alkyl halides is 3. The summed E-state index contributed by atoms with van der Waals surface area (Å²) in [6.07, 6.45) is -3.72. The Morgan fingerprint density at radius 3 is 2.29 bits per heavy atom. The molecule has 1 aromatic rings. The third-order valence-corrected chi connectivity index (χ3v) is 4.99. The van der Waals surface area contributed by atoms with Gasteiger partial charge in [-0.15, -0.1) is 0 Å². The molecule has 2 rings (SSSR count). The molecule has 0 radical (unpaired) electrons. The van der Waals surface area contributed by atoms with E-state index in [4.69, 9.17) is 0 Å². The van der Waals surface area contributed by atoms with Gasteiger partial charge in [0.1, 0.15) is 0 Å². The van der Waals surface area contributed by atoms with Crippen molar-refractivity contribution in [3.05, 3.63) is 29.8 Å². The highest BCUT2D eigenvalue weighted by Gasteiger charge is 2.28. The Kier molecular flexibility index (Phi) is 8.12. The third kappa shape index (κ3) is 7.31. The molecule has 0 saturated carbocycles. The molecule has 1 aliphatic heterocycles. The van der Waals surface area contributed by atoms with Crippen LogP contribution in [0.25, 0.3) is 0 Å². The Morgan fingerprint density at radius 2 is 1.75 bits per heavy atom. The van der Waals surface area contributed by atoms with Crippen molar-refractivity contribution in [2.45, 2.75) is 32.5 Å². The summed E-state index contributed by atoms with van der Waals surface area (Å²) in [5.41, 5.74) is 1.67. The Labute approximate surface area is 165 Å². The summed E-state index contributed by atoms with van der Waals surface area (Å²) < 4.78 is 36.8. The van der Waals surface area contributed by atoms with Crippen LogP contribution in [0.2, 0.25) is 0 Å². The smallest absolute Gasteiger partial charge is 0.369 e. The minimum absolute atomic E-state index is 0.199. The van der Waals surface area contributed by atoms with Gasteiger partial charge >= 0.3 is 6.18 Å². The number of amides is 1. The lowest BCUT2D eigenvalue weighted by atomic mass is 10.1. The van der Waals surface area contributed by atoms with Crippen LogP contribution >= 0.6 is 0 Å². The first-order valence-electron chi connectivity index (χ1n) is 9.78. The number of anilines is 1. The molecule has 0 spiro atoms. The molecule has 28 heavy (non-hydrogen) atoms. The summed E-state index contributed by atoms with van der Waals surface area (Å²) in [6, 6.07) is 8.07. The number of rotatable bonds is 8. The van der Waals surface area contributed by atoms with Crippen molar-refractivity contribution in [1.82, 2.24) is 15.1 Å². The lowest BCUT2D eigenvalue weighted by Crippen LogP contribution is -2.48. The van der Waals surface area contributed by atoms with E-state index in [-0.39, 0.29) is 12.5 Å². The monoisotopic (exact) mass is 400 g/mol. The first kappa shape index (κ1) is 22.5. The maximum atomic E-state index is 12.3. The fourth-order valence-corrected chi connectivity index (χ4v) is 3.36. The number of halogens is 3. The van der Waals surface area contributed by atoms with Gasteiger partial charge in [-0.25, -0.2) is 0 Å². The standard InChI is InChI=1S/C20H31F3N4O/c1-16(2)26-11-13-27(14-12-26)18-7-5-17(6-8-18)19(28)24-9-4-10-25(3)15-20(21,22)23/h5-8,16H,4,9-15H2,1-3H3,(H,24,28). The van der Waals surface area contributed by atoms with Gasteiger partial charge in [-0.3, -0.25) is 14.6 Å². The summed E-state index contributed by atoms with van der Waals surface area (Å²) >= 11 is 0. The summed E-state index contributed by atoms with van der Waals surface area (Å²) in [7, 11) is 1.43. The number of nitrogens with zero attached hydrogens (tertiary/aromatic N) is 3. The van der Waals surface area contributed by atoms with Crippen molar-refractivity contribution in [2.75, 3.05) is 57.8 Å². The SMILES string of the molecule is CC(C)N1CCN(c2ccc(C(=O)NCCCN(C)CC(F)(F)F)cc2)CC1. The molecule has 1 aliphatic rings. The van der Waals surface area contributed by atoms with Gasteiger partial charge in [-0.1, -0.05) is 0 Å². The van der Waals surface area contributed by atoms with E-state index in [0.717, 1.165) is 31.9 Å². The third-order valence-electron chi connectivity index (χ3n) is 4.99. The van der Waals surface area contributed by atoms with Gasteiger partial charge in [0.2, 0.25) is 0 Å². The molecule has 0 bridgehead atoms. The number of piperazine rings is 1. The minimum Gasteiger partial charge on any atom is -0.369 e. The van der Waals surface area contributed by atoms with E-state index >= 15 is 0 Å². The van der Waals surface area contributed by atoms with Crippen molar-refractivity contribution in [3.8, 4) is 0 Å². The number of hydrogen-bond acceptors (Lipinski definition) is 4. The molecule has 1 N–H and O–H groups in total. The zero-order chi connectivity index (χ0) is 20.7. The number of carbonyl (C=O) groups is 1. The van der Waals surface area contributed by atoms with Crippen molar-refractivity contribution < 1.29 is 18.0 Å². The quantitative estimate of drug-likeness (QED) is 0.681. The molecule has 0 aliphatic carbocycles. The first-order valence-corrected chi connectivity index (χ1v) is 9.78. The minimum atomic E-state index is -4.19. The van der Waals surface area contributed by atoms with E-state index in [2.05, 4.69) is 29.0 Å². The maximum absolute atomic E-state index is 12.3. The predicted octanol–water partition coefficient (Wildman–Crippen LogP) is 2.83. The van der Waals surface area contributed by atoms with E-state index in [1.54, 1.807) is 12.1 Å². The Morgan fingerprint density at radius 1 is 1.14 bits per heavy atom. The number of benzene rings is 1. The van der Waals surface area contributed by atoms with Gasteiger partial charge in [0.05, 0.1) is 6.54 Å². The fraction of sp³-hybridized carbons (Fsp3) is 0.650. The average Bonchev–Trinajstić information content (AvgIpc) is 2.64. The second kappa shape index (κ2) is 10.1.